The van der Waals surface area contributed by atoms with Gasteiger partial charge in [0, 0.05) is 35.1 Å². The van der Waals surface area contributed by atoms with E-state index in [4.69, 9.17) is 4.74 Å². The molecule has 140 valence electrons. The number of amides is 1. The zero-order chi connectivity index (χ0) is 19.2. The van der Waals surface area contributed by atoms with Gasteiger partial charge in [-0.05, 0) is 56.5 Å². The Labute approximate surface area is 160 Å². The van der Waals surface area contributed by atoms with Crippen LogP contribution in [0.2, 0.25) is 0 Å². The molecule has 0 atom stereocenters. The molecule has 0 radical (unpaired) electrons. The Balaban J connectivity index is 1.70. The van der Waals surface area contributed by atoms with E-state index in [1.54, 1.807) is 4.90 Å². The molecule has 0 spiro atoms. The molecule has 4 heteroatoms. The van der Waals surface area contributed by atoms with E-state index >= 15 is 0 Å². The molecule has 3 aromatic rings. The predicted molar refractivity (Wildman–Crippen MR) is 109 cm³/mol. The topological polar surface area (TPSA) is 45.3 Å². The maximum absolute atomic E-state index is 12.5. The first-order valence-electron chi connectivity index (χ1n) is 9.49. The van der Waals surface area contributed by atoms with Crippen LogP contribution >= 0.6 is 0 Å². The number of nitrogens with one attached hydrogen (secondary N) is 1. The monoisotopic (exact) mass is 362 g/mol. The Kier molecular flexibility index (Phi) is 4.22. The minimum absolute atomic E-state index is 0.238. The molecule has 2 heterocycles. The second-order valence-corrected chi connectivity index (χ2v) is 8.31. The van der Waals surface area contributed by atoms with Gasteiger partial charge in [0.25, 0.3) is 0 Å². The Morgan fingerprint density at radius 2 is 1.93 bits per heavy atom. The number of benzene rings is 2. The molecule has 1 amide bonds. The average molecular weight is 362 g/mol. The summed E-state index contributed by atoms with van der Waals surface area (Å²) in [6.07, 6.45) is 0.584. The average Bonchev–Trinajstić information content (AvgIpc) is 2.97. The minimum atomic E-state index is -0.477. The van der Waals surface area contributed by atoms with Gasteiger partial charge in [-0.25, -0.2) is 4.79 Å². The van der Waals surface area contributed by atoms with Gasteiger partial charge in [-0.3, -0.25) is 0 Å². The van der Waals surface area contributed by atoms with E-state index in [-0.39, 0.29) is 6.09 Å². The smallest absolute Gasteiger partial charge is 0.410 e. The summed E-state index contributed by atoms with van der Waals surface area (Å²) in [6, 6.07) is 15.0. The third-order valence-corrected chi connectivity index (χ3v) is 5.08. The fraction of sp³-hybridized carbons (Fsp3) is 0.348. The van der Waals surface area contributed by atoms with E-state index in [0.717, 1.165) is 11.9 Å². The molecule has 0 saturated heterocycles. The van der Waals surface area contributed by atoms with Gasteiger partial charge in [0.15, 0.2) is 0 Å². The number of aryl methyl sites for hydroxylation is 1. The molecular weight excluding hydrogens is 336 g/mol. The number of nitrogens with zero attached hydrogens (tertiary/aromatic N) is 1. The van der Waals surface area contributed by atoms with Gasteiger partial charge in [0.05, 0.1) is 6.54 Å². The number of ether oxygens (including phenoxy) is 1. The number of hydrogen-bond acceptors (Lipinski definition) is 2. The van der Waals surface area contributed by atoms with E-state index in [1.165, 1.54) is 33.3 Å². The summed E-state index contributed by atoms with van der Waals surface area (Å²) in [4.78, 5) is 17.9. The van der Waals surface area contributed by atoms with Gasteiger partial charge in [0.1, 0.15) is 5.60 Å². The lowest BCUT2D eigenvalue weighted by atomic mass is 9.97. The third kappa shape index (κ3) is 3.44. The van der Waals surface area contributed by atoms with E-state index in [0.29, 0.717) is 13.1 Å². The van der Waals surface area contributed by atoms with E-state index in [9.17, 15) is 4.79 Å². The molecule has 4 rings (SSSR count). The summed E-state index contributed by atoms with van der Waals surface area (Å²) < 4.78 is 5.57. The number of carbonyl (C=O) groups excluding carboxylic acids is 1. The molecule has 1 aliphatic heterocycles. The second-order valence-electron chi connectivity index (χ2n) is 8.31. The van der Waals surface area contributed by atoms with Crippen LogP contribution in [0.5, 0.6) is 0 Å². The highest BCUT2D eigenvalue weighted by Crippen LogP contribution is 2.32. The van der Waals surface area contributed by atoms with Crippen molar-refractivity contribution in [1.29, 1.82) is 0 Å². The van der Waals surface area contributed by atoms with Gasteiger partial charge in [-0.15, -0.1) is 0 Å². The Bertz CT molecular complexity index is 1010. The van der Waals surface area contributed by atoms with Crippen LogP contribution in [-0.2, 0) is 17.7 Å². The predicted octanol–water partition coefficient (Wildman–Crippen LogP) is 5.44. The lowest BCUT2D eigenvalue weighted by Crippen LogP contribution is -2.39. The fourth-order valence-electron chi connectivity index (χ4n) is 3.76. The van der Waals surface area contributed by atoms with E-state index < -0.39 is 5.60 Å². The minimum Gasteiger partial charge on any atom is -0.444 e. The van der Waals surface area contributed by atoms with Crippen molar-refractivity contribution in [2.75, 3.05) is 6.54 Å². The lowest BCUT2D eigenvalue weighted by molar-refractivity contribution is 0.0224. The lowest BCUT2D eigenvalue weighted by Gasteiger charge is -2.30. The van der Waals surface area contributed by atoms with Crippen molar-refractivity contribution in [3.05, 3.63) is 59.3 Å². The van der Waals surface area contributed by atoms with Crippen molar-refractivity contribution < 1.29 is 9.53 Å². The summed E-state index contributed by atoms with van der Waals surface area (Å²) in [5.74, 6) is 0. The van der Waals surface area contributed by atoms with E-state index in [1.807, 2.05) is 20.8 Å². The molecule has 1 aliphatic rings. The molecule has 0 bridgehead atoms. The molecule has 0 fully saturated rings. The second kappa shape index (κ2) is 6.45. The zero-order valence-electron chi connectivity index (χ0n) is 16.4. The third-order valence-electron chi connectivity index (χ3n) is 5.08. The maximum Gasteiger partial charge on any atom is 0.410 e. The number of hydrogen-bond donors (Lipinski definition) is 1. The summed E-state index contributed by atoms with van der Waals surface area (Å²) >= 11 is 0. The Hall–Kier alpha value is -2.75. The quantitative estimate of drug-likeness (QED) is 0.627. The molecule has 27 heavy (non-hydrogen) atoms. The first-order chi connectivity index (χ1) is 12.8. The highest BCUT2D eigenvalue weighted by molar-refractivity contribution is 5.90. The van der Waals surface area contributed by atoms with Gasteiger partial charge >= 0.3 is 6.09 Å². The molecule has 0 saturated carbocycles. The van der Waals surface area contributed by atoms with Crippen LogP contribution in [0.3, 0.4) is 0 Å². The van der Waals surface area contributed by atoms with Crippen LogP contribution in [0, 0.1) is 6.92 Å². The van der Waals surface area contributed by atoms with Crippen LogP contribution in [0.15, 0.2) is 42.5 Å². The molecule has 1 N–H and O–H groups in total. The van der Waals surface area contributed by atoms with Crippen LogP contribution in [0.1, 0.15) is 37.6 Å². The molecule has 1 aromatic heterocycles. The van der Waals surface area contributed by atoms with Crippen LogP contribution < -0.4 is 0 Å². The number of carbonyl (C=O) groups is 1. The first kappa shape index (κ1) is 17.7. The maximum atomic E-state index is 12.5. The van der Waals surface area contributed by atoms with Gasteiger partial charge in [-0.1, -0.05) is 30.3 Å². The fourth-order valence-corrected chi connectivity index (χ4v) is 3.76. The highest BCUT2D eigenvalue weighted by Gasteiger charge is 2.27. The van der Waals surface area contributed by atoms with Crippen LogP contribution in [0.4, 0.5) is 4.79 Å². The normalized spacial score (nSPS) is 14.3. The number of aromatic amines is 1. The highest BCUT2D eigenvalue weighted by atomic mass is 16.6. The van der Waals surface area contributed by atoms with Gasteiger partial charge < -0.3 is 14.6 Å². The zero-order valence-corrected chi connectivity index (χ0v) is 16.4. The van der Waals surface area contributed by atoms with Crippen LogP contribution in [0.25, 0.3) is 22.0 Å². The first-order valence-corrected chi connectivity index (χ1v) is 9.49. The molecular formula is C23H26N2O2. The number of H-pyrrole nitrogens is 1. The Morgan fingerprint density at radius 3 is 2.67 bits per heavy atom. The summed E-state index contributed by atoms with van der Waals surface area (Å²) in [5, 5.41) is 1.19. The molecule has 0 unspecified atom stereocenters. The van der Waals surface area contributed by atoms with Gasteiger partial charge in [-0.2, -0.15) is 0 Å². The van der Waals surface area contributed by atoms with Crippen molar-refractivity contribution in [2.45, 2.75) is 46.3 Å². The molecule has 4 nitrogen and oxygen atoms in total. The summed E-state index contributed by atoms with van der Waals surface area (Å²) in [6.45, 7) is 9.11. The molecule has 2 aromatic carbocycles. The van der Waals surface area contributed by atoms with Crippen molar-refractivity contribution in [3.63, 3.8) is 0 Å². The van der Waals surface area contributed by atoms with Crippen LogP contribution in [-0.4, -0.2) is 28.1 Å². The number of aromatic nitrogens is 1. The van der Waals surface area contributed by atoms with E-state index in [2.05, 4.69) is 54.4 Å². The molecule has 0 aliphatic carbocycles. The number of rotatable bonds is 1. The standard InChI is InChI=1S/C23H26N2O2/c1-15-7-5-6-8-17(15)16-9-10-20-18(13-16)19-14-25(12-11-21(19)24-20)22(26)27-23(2,3)4/h5-10,13,24H,11-12,14H2,1-4H3. The van der Waals surface area contributed by atoms with Crippen molar-refractivity contribution in [3.8, 4) is 11.1 Å². The van der Waals surface area contributed by atoms with Crippen molar-refractivity contribution in [1.82, 2.24) is 9.88 Å². The Morgan fingerprint density at radius 1 is 1.15 bits per heavy atom. The largest absolute Gasteiger partial charge is 0.444 e. The van der Waals surface area contributed by atoms with Crippen molar-refractivity contribution in [2.24, 2.45) is 0 Å². The summed E-state index contributed by atoms with van der Waals surface area (Å²) in [7, 11) is 0. The summed E-state index contributed by atoms with van der Waals surface area (Å²) in [5.41, 5.74) is 6.80. The van der Waals surface area contributed by atoms with Gasteiger partial charge in [0.2, 0.25) is 0 Å². The SMILES string of the molecule is Cc1ccccc1-c1ccc2[nH]c3c(c2c1)CN(C(=O)OC(C)(C)C)CC3. The number of fused-ring (bicyclic) bond motifs is 3. The van der Waals surface area contributed by atoms with Crippen molar-refractivity contribution >= 4 is 17.0 Å².